The van der Waals surface area contributed by atoms with Crippen molar-refractivity contribution in [3.63, 3.8) is 0 Å². The molecular weight excluding hydrogens is 288 g/mol. The first kappa shape index (κ1) is 11.9. The van der Waals surface area contributed by atoms with E-state index in [2.05, 4.69) is 56.6 Å². The molecule has 0 amide bonds. The molecule has 0 aliphatic heterocycles. The average molecular weight is 303 g/mol. The van der Waals surface area contributed by atoms with Gasteiger partial charge < -0.3 is 5.32 Å². The molecule has 92 valence electrons. The van der Waals surface area contributed by atoms with E-state index in [1.54, 1.807) is 0 Å². The quantitative estimate of drug-likeness (QED) is 0.935. The van der Waals surface area contributed by atoms with Crippen molar-refractivity contribution in [2.45, 2.75) is 24.9 Å². The Labute approximate surface area is 116 Å². The largest absolute Gasteiger partial charge is 0.308 e. The summed E-state index contributed by atoms with van der Waals surface area (Å²) in [5.41, 5.74) is 2.52. The van der Waals surface area contributed by atoms with Gasteiger partial charge in [0.2, 0.25) is 0 Å². The summed E-state index contributed by atoms with van der Waals surface area (Å²) in [6, 6.07) is 15.3. The van der Waals surface area contributed by atoms with Crippen molar-refractivity contribution in [2.75, 3.05) is 0 Å². The molecule has 1 aliphatic carbocycles. The van der Waals surface area contributed by atoms with Crippen LogP contribution < -0.4 is 5.32 Å². The van der Waals surface area contributed by atoms with Gasteiger partial charge in [-0.2, -0.15) is 0 Å². The number of benzene rings is 1. The van der Waals surface area contributed by atoms with Crippen LogP contribution in [0, 0.1) is 0 Å². The second kappa shape index (κ2) is 5.21. The molecule has 2 unspecified atom stereocenters. The molecule has 0 radical (unpaired) electrons. The molecule has 1 aromatic carbocycles. The number of pyridine rings is 1. The zero-order chi connectivity index (χ0) is 12.4. The number of aromatic nitrogens is 1. The third kappa shape index (κ3) is 2.62. The summed E-state index contributed by atoms with van der Waals surface area (Å²) < 4.78 is 1.08. The van der Waals surface area contributed by atoms with Gasteiger partial charge in [0.1, 0.15) is 0 Å². The molecule has 1 fully saturated rings. The predicted molar refractivity (Wildman–Crippen MR) is 76.4 cm³/mol. The van der Waals surface area contributed by atoms with Gasteiger partial charge in [0.15, 0.2) is 0 Å². The molecule has 3 rings (SSSR count). The highest BCUT2D eigenvalue weighted by Crippen LogP contribution is 2.40. The zero-order valence-corrected chi connectivity index (χ0v) is 11.6. The van der Waals surface area contributed by atoms with Crippen molar-refractivity contribution in [1.82, 2.24) is 10.3 Å². The molecule has 1 aromatic heterocycles. The van der Waals surface area contributed by atoms with Gasteiger partial charge >= 0.3 is 0 Å². The fraction of sp³-hybridized carbons (Fsp3) is 0.267. The molecule has 0 spiro atoms. The maximum Gasteiger partial charge on any atom is 0.0683 e. The van der Waals surface area contributed by atoms with E-state index in [1.165, 1.54) is 12.0 Å². The number of hydrogen-bond acceptors (Lipinski definition) is 2. The molecule has 1 heterocycles. The van der Waals surface area contributed by atoms with E-state index >= 15 is 0 Å². The first-order valence-corrected chi connectivity index (χ1v) is 7.01. The van der Waals surface area contributed by atoms with Gasteiger partial charge in [-0.1, -0.05) is 30.3 Å². The second-order valence-electron chi connectivity index (χ2n) is 4.67. The Bertz CT molecular complexity index is 527. The second-order valence-corrected chi connectivity index (χ2v) is 5.53. The maximum atomic E-state index is 4.37. The van der Waals surface area contributed by atoms with E-state index in [0.717, 1.165) is 16.7 Å². The maximum absolute atomic E-state index is 4.37. The van der Waals surface area contributed by atoms with Crippen LogP contribution in [-0.4, -0.2) is 11.0 Å². The van der Waals surface area contributed by atoms with Crippen LogP contribution in [0.3, 0.4) is 0 Å². The Morgan fingerprint density at radius 2 is 2.00 bits per heavy atom. The number of nitrogens with one attached hydrogen (secondary N) is 1. The van der Waals surface area contributed by atoms with Crippen LogP contribution in [-0.2, 0) is 6.54 Å². The Morgan fingerprint density at radius 3 is 2.78 bits per heavy atom. The van der Waals surface area contributed by atoms with Crippen LogP contribution in [0.4, 0.5) is 0 Å². The van der Waals surface area contributed by atoms with Gasteiger partial charge in [0.25, 0.3) is 0 Å². The van der Waals surface area contributed by atoms with Crippen molar-refractivity contribution in [3.8, 4) is 0 Å². The summed E-state index contributed by atoms with van der Waals surface area (Å²) in [7, 11) is 0. The molecule has 3 heteroatoms. The van der Waals surface area contributed by atoms with Crippen LogP contribution in [0.2, 0.25) is 0 Å². The van der Waals surface area contributed by atoms with Crippen molar-refractivity contribution in [3.05, 3.63) is 64.4 Å². The number of rotatable bonds is 4. The Hall–Kier alpha value is -1.19. The third-order valence-electron chi connectivity index (χ3n) is 3.38. The highest BCUT2D eigenvalue weighted by molar-refractivity contribution is 9.10. The normalized spacial score (nSPS) is 21.8. The Morgan fingerprint density at radius 1 is 1.17 bits per heavy atom. The summed E-state index contributed by atoms with van der Waals surface area (Å²) in [6.07, 6.45) is 3.07. The minimum atomic E-state index is 0.598. The summed E-state index contributed by atoms with van der Waals surface area (Å²) >= 11 is 3.52. The molecule has 0 saturated heterocycles. The lowest BCUT2D eigenvalue weighted by atomic mass is 10.1. The average Bonchev–Trinajstić information content (AvgIpc) is 3.18. The van der Waals surface area contributed by atoms with Crippen molar-refractivity contribution in [2.24, 2.45) is 0 Å². The summed E-state index contributed by atoms with van der Waals surface area (Å²) in [5.74, 6) is 0.675. The molecule has 2 aromatic rings. The summed E-state index contributed by atoms with van der Waals surface area (Å²) in [5, 5.41) is 3.57. The molecule has 2 atom stereocenters. The minimum absolute atomic E-state index is 0.598. The summed E-state index contributed by atoms with van der Waals surface area (Å²) in [6.45, 7) is 0.829. The van der Waals surface area contributed by atoms with Crippen molar-refractivity contribution >= 4 is 15.9 Å². The molecule has 1 N–H and O–H groups in total. The fourth-order valence-electron chi connectivity index (χ4n) is 2.27. The lowest BCUT2D eigenvalue weighted by molar-refractivity contribution is 0.658. The molecular formula is C15H15BrN2. The first-order valence-electron chi connectivity index (χ1n) is 6.22. The minimum Gasteiger partial charge on any atom is -0.308 e. The van der Waals surface area contributed by atoms with Gasteiger partial charge in [-0.05, 0) is 40.0 Å². The fourth-order valence-corrected chi connectivity index (χ4v) is 2.66. The van der Waals surface area contributed by atoms with Crippen molar-refractivity contribution in [1.29, 1.82) is 0 Å². The van der Waals surface area contributed by atoms with Crippen molar-refractivity contribution < 1.29 is 0 Å². The van der Waals surface area contributed by atoms with E-state index in [9.17, 15) is 0 Å². The van der Waals surface area contributed by atoms with Crippen LogP contribution in [0.15, 0.2) is 53.1 Å². The molecule has 1 aliphatic rings. The molecule has 2 nitrogen and oxygen atoms in total. The molecule has 1 saturated carbocycles. The first-order chi connectivity index (χ1) is 8.84. The smallest absolute Gasteiger partial charge is 0.0683 e. The van der Waals surface area contributed by atoms with Gasteiger partial charge in [-0.3, -0.25) is 4.98 Å². The van der Waals surface area contributed by atoms with E-state index in [4.69, 9.17) is 0 Å². The third-order valence-corrected chi connectivity index (χ3v) is 4.11. The SMILES string of the molecule is Brc1cccnc1CNC1CC1c1ccccc1. The highest BCUT2D eigenvalue weighted by Gasteiger charge is 2.37. The number of hydrogen-bond donors (Lipinski definition) is 1. The van der Waals surface area contributed by atoms with Crippen LogP contribution in [0.5, 0.6) is 0 Å². The van der Waals surface area contributed by atoms with Crippen LogP contribution in [0.1, 0.15) is 23.6 Å². The lowest BCUT2D eigenvalue weighted by Gasteiger charge is -2.05. The number of halogens is 1. The predicted octanol–water partition coefficient (Wildman–Crippen LogP) is 3.49. The standard InChI is InChI=1S/C15H15BrN2/c16-13-7-4-8-17-15(13)10-18-14-9-12(14)11-5-2-1-3-6-11/h1-8,12,14,18H,9-10H2. The van der Waals surface area contributed by atoms with Crippen LogP contribution >= 0.6 is 15.9 Å². The number of nitrogens with zero attached hydrogens (tertiary/aromatic N) is 1. The van der Waals surface area contributed by atoms with Gasteiger partial charge in [-0.25, -0.2) is 0 Å². The Kier molecular flexibility index (Phi) is 3.43. The van der Waals surface area contributed by atoms with E-state index in [-0.39, 0.29) is 0 Å². The van der Waals surface area contributed by atoms with E-state index < -0.39 is 0 Å². The topological polar surface area (TPSA) is 24.9 Å². The summed E-state index contributed by atoms with van der Waals surface area (Å²) in [4.78, 5) is 4.37. The van der Waals surface area contributed by atoms with Crippen LogP contribution in [0.25, 0.3) is 0 Å². The van der Waals surface area contributed by atoms with E-state index in [1.807, 2.05) is 18.3 Å². The van der Waals surface area contributed by atoms with E-state index in [0.29, 0.717) is 12.0 Å². The Balaban J connectivity index is 1.56. The van der Waals surface area contributed by atoms with Gasteiger partial charge in [-0.15, -0.1) is 0 Å². The highest BCUT2D eigenvalue weighted by atomic mass is 79.9. The monoisotopic (exact) mass is 302 g/mol. The van der Waals surface area contributed by atoms with Gasteiger partial charge in [0.05, 0.1) is 5.69 Å². The zero-order valence-electron chi connectivity index (χ0n) is 10.0. The lowest BCUT2D eigenvalue weighted by Crippen LogP contribution is -2.18. The van der Waals surface area contributed by atoms with Gasteiger partial charge in [0, 0.05) is 29.2 Å². The molecule has 0 bridgehead atoms. The molecule has 18 heavy (non-hydrogen) atoms.